The van der Waals surface area contributed by atoms with Gasteiger partial charge in [-0.2, -0.15) is 0 Å². The van der Waals surface area contributed by atoms with Crippen molar-refractivity contribution in [1.82, 2.24) is 9.55 Å². The lowest BCUT2D eigenvalue weighted by molar-refractivity contribution is 0.295. The van der Waals surface area contributed by atoms with Crippen molar-refractivity contribution in [1.29, 1.82) is 0 Å². The molecule has 1 heterocycles. The van der Waals surface area contributed by atoms with Gasteiger partial charge in [0, 0.05) is 5.75 Å². The van der Waals surface area contributed by atoms with E-state index in [1.807, 2.05) is 48.5 Å². The van der Waals surface area contributed by atoms with E-state index in [9.17, 15) is 0 Å². The molecule has 0 unspecified atom stereocenters. The smallest absolute Gasteiger partial charge is 0.169 e. The van der Waals surface area contributed by atoms with Crippen molar-refractivity contribution in [2.45, 2.75) is 11.7 Å². The second kappa shape index (κ2) is 7.33. The number of hydrogen-bond acceptors (Lipinski definition) is 4. The van der Waals surface area contributed by atoms with Crippen LogP contribution in [0.25, 0.3) is 11.0 Å². The van der Waals surface area contributed by atoms with E-state index in [-0.39, 0.29) is 6.61 Å². The summed E-state index contributed by atoms with van der Waals surface area (Å²) in [6, 6.07) is 17.9. The van der Waals surface area contributed by atoms with E-state index in [0.717, 1.165) is 28.5 Å². The third-order valence-corrected chi connectivity index (χ3v) is 4.23. The van der Waals surface area contributed by atoms with Crippen LogP contribution in [0.1, 0.15) is 0 Å². The van der Waals surface area contributed by atoms with Crippen LogP contribution < -0.4 is 4.74 Å². The normalized spacial score (nSPS) is 11.0. The fraction of sp³-hybridized carbons (Fsp3) is 0.235. The van der Waals surface area contributed by atoms with Crippen LogP contribution >= 0.6 is 11.8 Å². The number of aliphatic hydroxyl groups excluding tert-OH is 1. The Morgan fingerprint density at radius 1 is 1.05 bits per heavy atom. The van der Waals surface area contributed by atoms with E-state index >= 15 is 0 Å². The molecule has 3 rings (SSSR count). The van der Waals surface area contributed by atoms with Gasteiger partial charge in [0.15, 0.2) is 5.16 Å². The molecule has 0 bridgehead atoms. The number of fused-ring (bicyclic) bond motifs is 1. The van der Waals surface area contributed by atoms with Crippen LogP contribution in [0, 0.1) is 0 Å². The zero-order chi connectivity index (χ0) is 15.2. The number of imidazole rings is 1. The van der Waals surface area contributed by atoms with Crippen molar-refractivity contribution in [2.75, 3.05) is 19.0 Å². The molecule has 1 aromatic heterocycles. The molecule has 0 aliphatic heterocycles. The molecular formula is C17H18N2O2S. The molecule has 0 amide bonds. The highest BCUT2D eigenvalue weighted by Gasteiger charge is 2.10. The van der Waals surface area contributed by atoms with Crippen LogP contribution in [0.4, 0.5) is 0 Å². The van der Waals surface area contributed by atoms with Crippen molar-refractivity contribution in [3.8, 4) is 5.75 Å². The van der Waals surface area contributed by atoms with Crippen LogP contribution in [-0.2, 0) is 6.54 Å². The van der Waals surface area contributed by atoms with E-state index in [1.165, 1.54) is 0 Å². The van der Waals surface area contributed by atoms with Gasteiger partial charge in [0.05, 0.1) is 24.2 Å². The van der Waals surface area contributed by atoms with Crippen LogP contribution in [0.3, 0.4) is 0 Å². The Balaban J connectivity index is 1.76. The Labute approximate surface area is 133 Å². The van der Waals surface area contributed by atoms with Crippen LogP contribution in [-0.4, -0.2) is 33.6 Å². The number of nitrogens with zero attached hydrogens (tertiary/aromatic N) is 2. The second-order valence-corrected chi connectivity index (χ2v) is 5.83. The van der Waals surface area contributed by atoms with Crippen molar-refractivity contribution in [2.24, 2.45) is 0 Å². The highest BCUT2D eigenvalue weighted by atomic mass is 32.2. The molecule has 2 aromatic carbocycles. The van der Waals surface area contributed by atoms with E-state index < -0.39 is 0 Å². The Morgan fingerprint density at radius 3 is 2.64 bits per heavy atom. The molecule has 0 atom stereocenters. The molecule has 5 heteroatoms. The van der Waals surface area contributed by atoms with E-state index in [4.69, 9.17) is 9.84 Å². The van der Waals surface area contributed by atoms with E-state index in [2.05, 4.69) is 15.6 Å². The van der Waals surface area contributed by atoms with Gasteiger partial charge < -0.3 is 14.4 Å². The molecule has 0 aliphatic rings. The minimum atomic E-state index is 0.147. The first-order valence-corrected chi connectivity index (χ1v) is 8.24. The van der Waals surface area contributed by atoms with Crippen molar-refractivity contribution >= 4 is 22.8 Å². The summed E-state index contributed by atoms with van der Waals surface area (Å²) in [5, 5.41) is 9.96. The molecule has 0 fully saturated rings. The number of thioether (sulfide) groups is 1. The van der Waals surface area contributed by atoms with Gasteiger partial charge in [-0.25, -0.2) is 4.98 Å². The Kier molecular flexibility index (Phi) is 4.98. The molecule has 22 heavy (non-hydrogen) atoms. The maximum absolute atomic E-state index is 9.04. The Morgan fingerprint density at radius 2 is 1.82 bits per heavy atom. The minimum absolute atomic E-state index is 0.147. The predicted octanol–water partition coefficient (Wildman–Crippen LogP) is 3.20. The number of hydrogen-bond donors (Lipinski definition) is 1. The van der Waals surface area contributed by atoms with Gasteiger partial charge in [-0.15, -0.1) is 0 Å². The first-order valence-electron chi connectivity index (χ1n) is 7.25. The summed E-state index contributed by atoms with van der Waals surface area (Å²) >= 11 is 1.57. The number of ether oxygens (including phenoxy) is 1. The molecule has 0 saturated carbocycles. The van der Waals surface area contributed by atoms with Crippen molar-refractivity contribution < 1.29 is 9.84 Å². The molecule has 3 aromatic rings. The second-order valence-electron chi connectivity index (χ2n) is 4.77. The lowest BCUT2D eigenvalue weighted by atomic mass is 10.3. The van der Waals surface area contributed by atoms with Crippen molar-refractivity contribution in [3.05, 3.63) is 54.6 Å². The average molecular weight is 314 g/mol. The van der Waals surface area contributed by atoms with Gasteiger partial charge in [-0.1, -0.05) is 42.1 Å². The average Bonchev–Trinajstić information content (AvgIpc) is 2.92. The van der Waals surface area contributed by atoms with E-state index in [1.54, 1.807) is 11.8 Å². The van der Waals surface area contributed by atoms with Crippen LogP contribution in [0.15, 0.2) is 59.8 Å². The first kappa shape index (κ1) is 14.9. The number of benzene rings is 2. The predicted molar refractivity (Wildman–Crippen MR) is 89.5 cm³/mol. The highest BCUT2D eigenvalue weighted by molar-refractivity contribution is 7.99. The molecule has 4 nitrogen and oxygen atoms in total. The largest absolute Gasteiger partial charge is 0.492 e. The monoisotopic (exact) mass is 314 g/mol. The molecular weight excluding hydrogens is 296 g/mol. The van der Waals surface area contributed by atoms with Crippen LogP contribution in [0.5, 0.6) is 5.75 Å². The summed E-state index contributed by atoms with van der Waals surface area (Å²) in [6.45, 7) is 1.45. The Hall–Kier alpha value is -1.98. The lowest BCUT2D eigenvalue weighted by Gasteiger charge is -2.10. The molecule has 114 valence electrons. The summed E-state index contributed by atoms with van der Waals surface area (Å²) in [5.74, 6) is 1.51. The van der Waals surface area contributed by atoms with Gasteiger partial charge in [-0.3, -0.25) is 0 Å². The van der Waals surface area contributed by atoms with Gasteiger partial charge in [-0.05, 0) is 24.3 Å². The maximum Gasteiger partial charge on any atom is 0.169 e. The number of rotatable bonds is 7. The first-order chi connectivity index (χ1) is 10.9. The van der Waals surface area contributed by atoms with E-state index in [0.29, 0.717) is 12.4 Å². The maximum atomic E-state index is 9.04. The molecule has 0 spiro atoms. The lowest BCUT2D eigenvalue weighted by Crippen LogP contribution is -2.09. The third-order valence-electron chi connectivity index (χ3n) is 3.27. The number of para-hydroxylation sites is 3. The SMILES string of the molecule is OCCSc1nc2ccccc2n1CCOc1ccccc1. The molecule has 1 N–H and O–H groups in total. The van der Waals surface area contributed by atoms with Crippen molar-refractivity contribution in [3.63, 3.8) is 0 Å². The third kappa shape index (κ3) is 3.43. The van der Waals surface area contributed by atoms with Gasteiger partial charge in [0.2, 0.25) is 0 Å². The zero-order valence-corrected chi connectivity index (χ0v) is 13.0. The summed E-state index contributed by atoms with van der Waals surface area (Å²) in [6.07, 6.45) is 0. The standard InChI is InChI=1S/C17H18N2O2S/c20-11-13-22-17-18-15-8-4-5-9-16(15)19(17)10-12-21-14-6-2-1-3-7-14/h1-9,20H,10-13H2. The summed E-state index contributed by atoms with van der Waals surface area (Å²) in [7, 11) is 0. The fourth-order valence-corrected chi connectivity index (χ4v) is 3.07. The quantitative estimate of drug-likeness (QED) is 0.680. The van der Waals surface area contributed by atoms with Gasteiger partial charge in [0.1, 0.15) is 12.4 Å². The van der Waals surface area contributed by atoms with Gasteiger partial charge >= 0.3 is 0 Å². The summed E-state index contributed by atoms with van der Waals surface area (Å²) < 4.78 is 7.93. The topological polar surface area (TPSA) is 47.3 Å². The van der Waals surface area contributed by atoms with Crippen LogP contribution in [0.2, 0.25) is 0 Å². The fourth-order valence-electron chi connectivity index (χ4n) is 2.29. The Bertz CT molecular complexity index is 728. The highest BCUT2D eigenvalue weighted by Crippen LogP contribution is 2.23. The molecule has 0 radical (unpaired) electrons. The minimum Gasteiger partial charge on any atom is -0.492 e. The zero-order valence-electron chi connectivity index (χ0n) is 12.2. The summed E-state index contributed by atoms with van der Waals surface area (Å²) in [4.78, 5) is 4.64. The number of aromatic nitrogens is 2. The molecule has 0 aliphatic carbocycles. The number of aliphatic hydroxyl groups is 1. The van der Waals surface area contributed by atoms with Gasteiger partial charge in [0.25, 0.3) is 0 Å². The molecule has 0 saturated heterocycles. The summed E-state index contributed by atoms with van der Waals surface area (Å²) in [5.41, 5.74) is 2.07.